The van der Waals surface area contributed by atoms with Crippen molar-refractivity contribution in [3.8, 4) is 5.75 Å². The number of rotatable bonds is 6. The van der Waals surface area contributed by atoms with E-state index < -0.39 is 0 Å². The molecule has 0 radical (unpaired) electrons. The monoisotopic (exact) mass is 209 g/mol. The molecule has 4 nitrogen and oxygen atoms in total. The Labute approximate surface area is 89.2 Å². The van der Waals surface area contributed by atoms with Gasteiger partial charge < -0.3 is 9.47 Å². The first kappa shape index (κ1) is 11.7. The van der Waals surface area contributed by atoms with Crippen molar-refractivity contribution < 1.29 is 14.3 Å². The van der Waals surface area contributed by atoms with Crippen molar-refractivity contribution in [2.24, 2.45) is 0 Å². The fourth-order valence-corrected chi connectivity index (χ4v) is 1.20. The molecule has 0 fully saturated rings. The molecule has 1 rings (SSSR count). The average molecular weight is 209 g/mol. The number of hydrogen-bond donors (Lipinski definition) is 0. The highest BCUT2D eigenvalue weighted by Crippen LogP contribution is 2.12. The van der Waals surface area contributed by atoms with Gasteiger partial charge >= 0.3 is 0 Å². The van der Waals surface area contributed by atoms with Gasteiger partial charge in [-0.15, -0.1) is 0 Å². The lowest BCUT2D eigenvalue weighted by Gasteiger charge is -2.02. The minimum atomic E-state index is 0.0680. The van der Waals surface area contributed by atoms with Crippen molar-refractivity contribution in [3.63, 3.8) is 0 Å². The van der Waals surface area contributed by atoms with Crippen molar-refractivity contribution >= 4 is 5.78 Å². The van der Waals surface area contributed by atoms with E-state index in [4.69, 9.17) is 9.47 Å². The smallest absolute Gasteiger partial charge is 0.164 e. The summed E-state index contributed by atoms with van der Waals surface area (Å²) in [5.74, 6) is 0.672. The summed E-state index contributed by atoms with van der Waals surface area (Å²) in [6.45, 7) is 0.600. The molecule has 0 amide bonds. The first-order chi connectivity index (χ1) is 7.27. The molecule has 0 atom stereocenters. The zero-order chi connectivity index (χ0) is 11.1. The molecule has 0 aromatic carbocycles. The largest absolute Gasteiger partial charge is 0.495 e. The third-order valence-corrected chi connectivity index (χ3v) is 2.02. The summed E-state index contributed by atoms with van der Waals surface area (Å²) < 4.78 is 9.87. The van der Waals surface area contributed by atoms with Crippen molar-refractivity contribution in [1.82, 2.24) is 4.98 Å². The van der Waals surface area contributed by atoms with Crippen LogP contribution in [0.5, 0.6) is 5.75 Å². The fourth-order valence-electron chi connectivity index (χ4n) is 1.20. The van der Waals surface area contributed by atoms with Crippen LogP contribution in [0.1, 0.15) is 23.2 Å². The molecule has 15 heavy (non-hydrogen) atoms. The number of aromatic nitrogens is 1. The van der Waals surface area contributed by atoms with E-state index in [0.29, 0.717) is 24.3 Å². The van der Waals surface area contributed by atoms with Crippen LogP contribution in [-0.2, 0) is 4.74 Å². The number of pyridine rings is 1. The number of methoxy groups -OCH3 is 2. The van der Waals surface area contributed by atoms with E-state index in [1.807, 2.05) is 0 Å². The van der Waals surface area contributed by atoms with Crippen LogP contribution in [0.2, 0.25) is 0 Å². The number of carbonyl (C=O) groups is 1. The predicted octanol–water partition coefficient (Wildman–Crippen LogP) is 1.70. The normalized spacial score (nSPS) is 10.0. The summed E-state index contributed by atoms with van der Waals surface area (Å²) in [4.78, 5) is 15.6. The predicted molar refractivity (Wildman–Crippen MR) is 56.2 cm³/mol. The van der Waals surface area contributed by atoms with Crippen LogP contribution in [0.25, 0.3) is 0 Å². The Bertz CT molecular complexity index is 325. The first-order valence-electron chi connectivity index (χ1n) is 4.79. The highest BCUT2D eigenvalue weighted by molar-refractivity contribution is 5.96. The molecule has 0 bridgehead atoms. The van der Waals surface area contributed by atoms with E-state index in [0.717, 1.165) is 6.42 Å². The molecule has 0 saturated heterocycles. The Kier molecular flexibility index (Phi) is 4.77. The number of Topliss-reactive ketones (excluding diaryl/α,β-unsaturated/α-hetero) is 1. The highest BCUT2D eigenvalue weighted by atomic mass is 16.5. The summed E-state index contributed by atoms with van der Waals surface area (Å²) in [5, 5.41) is 0. The zero-order valence-electron chi connectivity index (χ0n) is 9.03. The first-order valence-corrected chi connectivity index (χ1v) is 4.79. The number of ketones is 1. The standard InChI is InChI=1S/C11H15NO3/c1-14-5-3-4-11(13)9-6-10(15-2)8-12-7-9/h6-8H,3-5H2,1-2H3. The lowest BCUT2D eigenvalue weighted by molar-refractivity contribution is 0.0962. The third-order valence-electron chi connectivity index (χ3n) is 2.02. The van der Waals surface area contributed by atoms with Crippen LogP contribution in [-0.4, -0.2) is 31.6 Å². The number of carbonyl (C=O) groups excluding carboxylic acids is 1. The van der Waals surface area contributed by atoms with Crippen molar-refractivity contribution in [2.75, 3.05) is 20.8 Å². The molecule has 0 spiro atoms. The second-order valence-corrected chi connectivity index (χ2v) is 3.13. The summed E-state index contributed by atoms with van der Waals surface area (Å²) in [6, 6.07) is 1.70. The van der Waals surface area contributed by atoms with Gasteiger partial charge in [-0.1, -0.05) is 0 Å². The minimum Gasteiger partial charge on any atom is -0.495 e. The minimum absolute atomic E-state index is 0.0680. The van der Waals surface area contributed by atoms with Gasteiger partial charge in [0.1, 0.15) is 5.75 Å². The van der Waals surface area contributed by atoms with Crippen LogP contribution in [0.15, 0.2) is 18.5 Å². The van der Waals surface area contributed by atoms with Crippen LogP contribution >= 0.6 is 0 Å². The molecule has 0 unspecified atom stereocenters. The Balaban J connectivity index is 2.57. The van der Waals surface area contributed by atoms with Crippen molar-refractivity contribution in [1.29, 1.82) is 0 Å². The quantitative estimate of drug-likeness (QED) is 0.528. The van der Waals surface area contributed by atoms with Gasteiger partial charge in [-0.2, -0.15) is 0 Å². The van der Waals surface area contributed by atoms with E-state index in [9.17, 15) is 4.79 Å². The van der Waals surface area contributed by atoms with Crippen LogP contribution in [0.3, 0.4) is 0 Å². The molecule has 0 N–H and O–H groups in total. The second-order valence-electron chi connectivity index (χ2n) is 3.13. The van der Waals surface area contributed by atoms with Gasteiger partial charge in [-0.25, -0.2) is 0 Å². The maximum absolute atomic E-state index is 11.6. The van der Waals surface area contributed by atoms with Gasteiger partial charge in [0.05, 0.1) is 13.3 Å². The van der Waals surface area contributed by atoms with E-state index >= 15 is 0 Å². The molecule has 0 aliphatic rings. The Hall–Kier alpha value is -1.42. The lowest BCUT2D eigenvalue weighted by atomic mass is 10.1. The van der Waals surface area contributed by atoms with Gasteiger partial charge in [0.25, 0.3) is 0 Å². The van der Waals surface area contributed by atoms with Gasteiger partial charge in [-0.3, -0.25) is 9.78 Å². The molecule has 1 aromatic heterocycles. The van der Waals surface area contributed by atoms with Gasteiger partial charge in [-0.05, 0) is 12.5 Å². The number of nitrogens with zero attached hydrogens (tertiary/aromatic N) is 1. The summed E-state index contributed by atoms with van der Waals surface area (Å²) in [6.07, 6.45) is 4.33. The molecule has 4 heteroatoms. The second kappa shape index (κ2) is 6.14. The van der Waals surface area contributed by atoms with Crippen LogP contribution in [0.4, 0.5) is 0 Å². The maximum atomic E-state index is 11.6. The average Bonchev–Trinajstić information content (AvgIpc) is 2.29. The molecule has 0 aliphatic heterocycles. The highest BCUT2D eigenvalue weighted by Gasteiger charge is 2.06. The van der Waals surface area contributed by atoms with E-state index in [-0.39, 0.29) is 5.78 Å². The molecule has 0 saturated carbocycles. The van der Waals surface area contributed by atoms with Gasteiger partial charge in [0.2, 0.25) is 0 Å². The summed E-state index contributed by atoms with van der Waals surface area (Å²) >= 11 is 0. The molecular formula is C11H15NO3. The molecule has 1 aromatic rings. The molecule has 1 heterocycles. The molecular weight excluding hydrogens is 194 g/mol. The van der Waals surface area contributed by atoms with E-state index in [1.165, 1.54) is 0 Å². The summed E-state index contributed by atoms with van der Waals surface area (Å²) in [7, 11) is 3.17. The topological polar surface area (TPSA) is 48.4 Å². The summed E-state index contributed by atoms with van der Waals surface area (Å²) in [5.41, 5.74) is 0.588. The molecule has 0 aliphatic carbocycles. The van der Waals surface area contributed by atoms with E-state index in [1.54, 1.807) is 32.7 Å². The maximum Gasteiger partial charge on any atom is 0.164 e. The lowest BCUT2D eigenvalue weighted by Crippen LogP contribution is -2.02. The SMILES string of the molecule is COCCCC(=O)c1cncc(OC)c1. The Morgan fingerprint density at radius 1 is 1.40 bits per heavy atom. The number of ether oxygens (including phenoxy) is 2. The molecule has 82 valence electrons. The van der Waals surface area contributed by atoms with Gasteiger partial charge in [0, 0.05) is 31.9 Å². The van der Waals surface area contributed by atoms with Crippen LogP contribution in [0, 0.1) is 0 Å². The van der Waals surface area contributed by atoms with Crippen LogP contribution < -0.4 is 4.74 Å². The Morgan fingerprint density at radius 2 is 2.20 bits per heavy atom. The van der Waals surface area contributed by atoms with Gasteiger partial charge in [0.15, 0.2) is 5.78 Å². The fraction of sp³-hybridized carbons (Fsp3) is 0.455. The third kappa shape index (κ3) is 3.67. The zero-order valence-corrected chi connectivity index (χ0v) is 9.03. The Morgan fingerprint density at radius 3 is 2.87 bits per heavy atom. The van der Waals surface area contributed by atoms with Crippen molar-refractivity contribution in [2.45, 2.75) is 12.8 Å². The van der Waals surface area contributed by atoms with Crippen molar-refractivity contribution in [3.05, 3.63) is 24.0 Å². The number of hydrogen-bond acceptors (Lipinski definition) is 4. The van der Waals surface area contributed by atoms with E-state index in [2.05, 4.69) is 4.98 Å².